The van der Waals surface area contributed by atoms with Gasteiger partial charge in [-0.25, -0.2) is 0 Å². The minimum atomic E-state index is 0.534. The van der Waals surface area contributed by atoms with E-state index < -0.39 is 0 Å². The van der Waals surface area contributed by atoms with Crippen molar-refractivity contribution in [3.8, 4) is 5.75 Å². The molecule has 2 aromatic carbocycles. The van der Waals surface area contributed by atoms with Gasteiger partial charge in [-0.15, -0.1) is 11.6 Å². The van der Waals surface area contributed by atoms with Gasteiger partial charge in [0, 0.05) is 10.4 Å². The lowest BCUT2D eigenvalue weighted by molar-refractivity contribution is 0.306. The van der Waals surface area contributed by atoms with Crippen LogP contribution in [0, 0.1) is 0 Å². The monoisotopic (exact) mass is 310 g/mol. The second kappa shape index (κ2) is 6.08. The predicted molar refractivity (Wildman–Crippen MR) is 74.5 cm³/mol. The van der Waals surface area contributed by atoms with Gasteiger partial charge < -0.3 is 4.74 Å². The molecule has 0 fully saturated rings. The van der Waals surface area contributed by atoms with Gasteiger partial charge in [-0.05, 0) is 35.4 Å². The van der Waals surface area contributed by atoms with E-state index in [4.69, 9.17) is 16.3 Å². The normalized spacial score (nSPS) is 10.2. The highest BCUT2D eigenvalue weighted by Gasteiger charge is 1.97. The number of benzene rings is 2. The summed E-state index contributed by atoms with van der Waals surface area (Å²) in [5.41, 5.74) is 2.24. The van der Waals surface area contributed by atoms with Gasteiger partial charge in [-0.2, -0.15) is 0 Å². The molecule has 0 atom stereocenters. The molecule has 0 aliphatic heterocycles. The minimum Gasteiger partial charge on any atom is -0.489 e. The first-order valence-corrected chi connectivity index (χ1v) is 6.63. The lowest BCUT2D eigenvalue weighted by atomic mass is 10.2. The molecule has 3 heteroatoms. The van der Waals surface area contributed by atoms with Crippen molar-refractivity contribution < 1.29 is 4.74 Å². The maximum absolute atomic E-state index is 5.72. The molecule has 2 rings (SSSR count). The van der Waals surface area contributed by atoms with Crippen LogP contribution >= 0.6 is 27.5 Å². The number of hydrogen-bond acceptors (Lipinski definition) is 1. The number of hydrogen-bond donors (Lipinski definition) is 0. The highest BCUT2D eigenvalue weighted by Crippen LogP contribution is 2.17. The van der Waals surface area contributed by atoms with E-state index >= 15 is 0 Å². The Hall–Kier alpha value is -0.990. The van der Waals surface area contributed by atoms with Gasteiger partial charge in [-0.1, -0.05) is 40.2 Å². The van der Waals surface area contributed by atoms with E-state index in [-0.39, 0.29) is 0 Å². The molecule has 2 aromatic rings. The molecule has 0 radical (unpaired) electrons. The average Bonchev–Trinajstić information content (AvgIpc) is 2.37. The fourth-order valence-electron chi connectivity index (χ4n) is 1.47. The summed E-state index contributed by atoms with van der Waals surface area (Å²) in [6.45, 7) is 0.569. The molecule has 0 aliphatic carbocycles. The van der Waals surface area contributed by atoms with E-state index in [1.165, 1.54) is 0 Å². The number of rotatable bonds is 4. The number of alkyl halides is 1. The molecule has 0 saturated heterocycles. The van der Waals surface area contributed by atoms with Crippen LogP contribution in [-0.2, 0) is 12.5 Å². The van der Waals surface area contributed by atoms with E-state index in [0.717, 1.165) is 21.3 Å². The van der Waals surface area contributed by atoms with Crippen LogP contribution in [0.2, 0.25) is 0 Å². The van der Waals surface area contributed by atoms with Gasteiger partial charge in [0.1, 0.15) is 12.4 Å². The summed E-state index contributed by atoms with van der Waals surface area (Å²) in [7, 11) is 0. The zero-order chi connectivity index (χ0) is 12.1. The Balaban J connectivity index is 1.97. The van der Waals surface area contributed by atoms with Crippen LogP contribution in [0.1, 0.15) is 11.1 Å². The maximum atomic E-state index is 5.72. The summed E-state index contributed by atoms with van der Waals surface area (Å²) in [6, 6.07) is 15.9. The van der Waals surface area contributed by atoms with Crippen LogP contribution in [0.3, 0.4) is 0 Å². The third-order valence-electron chi connectivity index (χ3n) is 2.37. The first-order chi connectivity index (χ1) is 8.28. The SMILES string of the molecule is ClCc1ccc(OCc2cccc(Br)c2)cc1. The lowest BCUT2D eigenvalue weighted by Crippen LogP contribution is -1.95. The second-order valence-electron chi connectivity index (χ2n) is 3.70. The standard InChI is InChI=1S/C14H12BrClO/c15-13-3-1-2-12(8-13)10-17-14-6-4-11(9-16)5-7-14/h1-8H,9-10H2. The van der Waals surface area contributed by atoms with Crippen molar-refractivity contribution in [1.82, 2.24) is 0 Å². The van der Waals surface area contributed by atoms with Crippen molar-refractivity contribution in [3.05, 3.63) is 64.1 Å². The fraction of sp³-hybridized carbons (Fsp3) is 0.143. The molecule has 88 valence electrons. The van der Waals surface area contributed by atoms with Gasteiger partial charge in [-0.3, -0.25) is 0 Å². The number of ether oxygens (including phenoxy) is 1. The summed E-state index contributed by atoms with van der Waals surface area (Å²) in [6.07, 6.45) is 0. The fourth-order valence-corrected chi connectivity index (χ4v) is 2.09. The van der Waals surface area contributed by atoms with Crippen LogP contribution in [0.5, 0.6) is 5.75 Å². The zero-order valence-corrected chi connectivity index (χ0v) is 11.5. The molecule has 0 N–H and O–H groups in total. The molecule has 0 amide bonds. The Kier molecular flexibility index (Phi) is 4.46. The maximum Gasteiger partial charge on any atom is 0.119 e. The summed E-state index contributed by atoms with van der Waals surface area (Å²) in [5, 5.41) is 0. The van der Waals surface area contributed by atoms with Crippen LogP contribution in [0.15, 0.2) is 53.0 Å². The van der Waals surface area contributed by atoms with Gasteiger partial charge >= 0.3 is 0 Å². The van der Waals surface area contributed by atoms with E-state index in [2.05, 4.69) is 15.9 Å². The third kappa shape index (κ3) is 3.76. The van der Waals surface area contributed by atoms with Gasteiger partial charge in [0.25, 0.3) is 0 Å². The Morgan fingerprint density at radius 1 is 1.00 bits per heavy atom. The topological polar surface area (TPSA) is 9.23 Å². The van der Waals surface area contributed by atoms with Gasteiger partial charge in [0.15, 0.2) is 0 Å². The van der Waals surface area contributed by atoms with Crippen molar-refractivity contribution in [2.75, 3.05) is 0 Å². The molecule has 17 heavy (non-hydrogen) atoms. The Bertz CT molecular complexity index is 482. The average molecular weight is 312 g/mol. The van der Waals surface area contributed by atoms with Crippen LogP contribution in [0.4, 0.5) is 0 Å². The Morgan fingerprint density at radius 2 is 1.76 bits per heavy atom. The largest absolute Gasteiger partial charge is 0.489 e. The van der Waals surface area contributed by atoms with Crippen molar-refractivity contribution in [3.63, 3.8) is 0 Å². The highest BCUT2D eigenvalue weighted by atomic mass is 79.9. The third-order valence-corrected chi connectivity index (χ3v) is 3.17. The van der Waals surface area contributed by atoms with Crippen molar-refractivity contribution in [2.45, 2.75) is 12.5 Å². The summed E-state index contributed by atoms with van der Waals surface area (Å²) in [4.78, 5) is 0. The smallest absolute Gasteiger partial charge is 0.119 e. The van der Waals surface area contributed by atoms with Gasteiger partial charge in [0.05, 0.1) is 0 Å². The van der Waals surface area contributed by atoms with E-state index in [9.17, 15) is 0 Å². The predicted octanol–water partition coefficient (Wildman–Crippen LogP) is 4.77. The molecule has 0 unspecified atom stereocenters. The molecule has 0 saturated carbocycles. The van der Waals surface area contributed by atoms with Crippen molar-refractivity contribution in [1.29, 1.82) is 0 Å². The van der Waals surface area contributed by atoms with E-state index in [1.807, 2.05) is 48.5 Å². The summed E-state index contributed by atoms with van der Waals surface area (Å²) >= 11 is 9.16. The molecular formula is C14H12BrClO. The van der Waals surface area contributed by atoms with Crippen molar-refractivity contribution in [2.24, 2.45) is 0 Å². The molecule has 0 spiro atoms. The Morgan fingerprint density at radius 3 is 2.41 bits per heavy atom. The first kappa shape index (κ1) is 12.5. The molecule has 1 nitrogen and oxygen atoms in total. The molecular weight excluding hydrogens is 300 g/mol. The van der Waals surface area contributed by atoms with Crippen molar-refractivity contribution >= 4 is 27.5 Å². The van der Waals surface area contributed by atoms with Crippen LogP contribution in [0.25, 0.3) is 0 Å². The molecule has 0 aliphatic rings. The lowest BCUT2D eigenvalue weighted by Gasteiger charge is -2.07. The number of halogens is 2. The van der Waals surface area contributed by atoms with Crippen LogP contribution < -0.4 is 4.74 Å². The van der Waals surface area contributed by atoms with E-state index in [0.29, 0.717) is 12.5 Å². The first-order valence-electron chi connectivity index (χ1n) is 5.30. The highest BCUT2D eigenvalue weighted by molar-refractivity contribution is 9.10. The summed E-state index contributed by atoms with van der Waals surface area (Å²) in [5.74, 6) is 1.39. The minimum absolute atomic E-state index is 0.534. The Labute approximate surface area is 115 Å². The quantitative estimate of drug-likeness (QED) is 0.739. The van der Waals surface area contributed by atoms with Crippen LogP contribution in [-0.4, -0.2) is 0 Å². The zero-order valence-electron chi connectivity index (χ0n) is 9.20. The molecule has 0 aromatic heterocycles. The summed E-state index contributed by atoms with van der Waals surface area (Å²) < 4.78 is 6.75. The molecule has 0 heterocycles. The molecule has 0 bridgehead atoms. The second-order valence-corrected chi connectivity index (χ2v) is 4.88. The van der Waals surface area contributed by atoms with E-state index in [1.54, 1.807) is 0 Å². The van der Waals surface area contributed by atoms with Gasteiger partial charge in [0.2, 0.25) is 0 Å².